The first-order chi connectivity index (χ1) is 6.15. The van der Waals surface area contributed by atoms with Crippen molar-refractivity contribution < 1.29 is 14.7 Å². The molecule has 0 atom stereocenters. The Morgan fingerprint density at radius 3 is 2.85 bits per heavy atom. The molecule has 0 aromatic carbocycles. The van der Waals surface area contributed by atoms with Gasteiger partial charge in [0.05, 0.1) is 0 Å². The number of carboxylic acid groups (broad SMARTS) is 1. The van der Waals surface area contributed by atoms with Crippen LogP contribution in [0.5, 0.6) is 0 Å². The van der Waals surface area contributed by atoms with E-state index < -0.39 is 5.97 Å². The summed E-state index contributed by atoms with van der Waals surface area (Å²) in [5.41, 5.74) is 0. The van der Waals surface area contributed by atoms with Crippen LogP contribution in [0.3, 0.4) is 0 Å². The minimum Gasteiger partial charge on any atom is -0.480 e. The quantitative estimate of drug-likeness (QED) is 0.667. The van der Waals surface area contributed by atoms with Crippen LogP contribution < -0.4 is 0 Å². The molecule has 13 heavy (non-hydrogen) atoms. The van der Waals surface area contributed by atoms with Crippen LogP contribution in [0, 0.1) is 0 Å². The highest BCUT2D eigenvalue weighted by Crippen LogP contribution is 2.11. The first-order valence-electron chi connectivity index (χ1n) is 4.42. The third kappa shape index (κ3) is 2.42. The Morgan fingerprint density at radius 1 is 1.62 bits per heavy atom. The van der Waals surface area contributed by atoms with E-state index in [0.29, 0.717) is 19.5 Å². The lowest BCUT2D eigenvalue weighted by atomic mass is 10.4. The van der Waals surface area contributed by atoms with Crippen molar-refractivity contribution in [2.75, 3.05) is 19.6 Å². The van der Waals surface area contributed by atoms with E-state index in [4.69, 9.17) is 5.11 Å². The molecule has 0 unspecified atom stereocenters. The van der Waals surface area contributed by atoms with E-state index in [1.165, 1.54) is 5.01 Å². The van der Waals surface area contributed by atoms with Crippen molar-refractivity contribution in [2.24, 2.45) is 0 Å². The average Bonchev–Trinajstić information content (AvgIpc) is 2.35. The van der Waals surface area contributed by atoms with Gasteiger partial charge in [-0.2, -0.15) is 0 Å². The molecule has 0 bridgehead atoms. The van der Waals surface area contributed by atoms with Gasteiger partial charge in [0.15, 0.2) is 0 Å². The van der Waals surface area contributed by atoms with E-state index in [1.54, 1.807) is 5.01 Å². The smallest absolute Gasteiger partial charge is 0.319 e. The molecule has 1 aliphatic heterocycles. The second-order valence-corrected chi connectivity index (χ2v) is 3.05. The molecule has 0 saturated carbocycles. The second kappa shape index (κ2) is 4.23. The van der Waals surface area contributed by atoms with Crippen LogP contribution in [0.15, 0.2) is 0 Å². The highest BCUT2D eigenvalue weighted by molar-refractivity contribution is 5.78. The summed E-state index contributed by atoms with van der Waals surface area (Å²) in [6.45, 7) is 3.04. The molecule has 5 heteroatoms. The Hall–Kier alpha value is -1.10. The molecule has 1 saturated heterocycles. The Bertz CT molecular complexity index is 217. The van der Waals surface area contributed by atoms with E-state index in [1.807, 2.05) is 6.92 Å². The maximum absolute atomic E-state index is 11.2. The Labute approximate surface area is 76.9 Å². The SMILES string of the molecule is CCCN1C(=O)CCN1CC(=O)O. The van der Waals surface area contributed by atoms with Gasteiger partial charge in [-0.15, -0.1) is 0 Å². The normalized spacial score (nSPS) is 18.2. The van der Waals surface area contributed by atoms with Crippen LogP contribution in [-0.4, -0.2) is 46.6 Å². The minimum atomic E-state index is -0.893. The van der Waals surface area contributed by atoms with Gasteiger partial charge in [0.2, 0.25) is 5.91 Å². The molecule has 1 heterocycles. The standard InChI is InChI=1S/C8H14N2O3/c1-2-4-10-7(11)3-5-9(10)6-8(12)13/h2-6H2,1H3,(H,12,13). The number of hydrogen-bond donors (Lipinski definition) is 1. The van der Waals surface area contributed by atoms with E-state index >= 15 is 0 Å². The zero-order chi connectivity index (χ0) is 9.84. The fraction of sp³-hybridized carbons (Fsp3) is 0.750. The molecule has 1 rings (SSSR count). The van der Waals surface area contributed by atoms with Crippen molar-refractivity contribution in [1.29, 1.82) is 0 Å². The van der Waals surface area contributed by atoms with Gasteiger partial charge in [-0.25, -0.2) is 5.01 Å². The van der Waals surface area contributed by atoms with Crippen molar-refractivity contribution in [3.05, 3.63) is 0 Å². The number of carbonyl (C=O) groups is 2. The number of carboxylic acids is 1. The molecule has 0 spiro atoms. The molecule has 1 fully saturated rings. The Morgan fingerprint density at radius 2 is 2.31 bits per heavy atom. The van der Waals surface area contributed by atoms with Crippen LogP contribution in [0.25, 0.3) is 0 Å². The Kier molecular flexibility index (Phi) is 3.25. The topological polar surface area (TPSA) is 60.9 Å². The van der Waals surface area contributed by atoms with Crippen molar-refractivity contribution in [3.8, 4) is 0 Å². The molecular formula is C8H14N2O3. The molecule has 74 valence electrons. The lowest BCUT2D eigenvalue weighted by molar-refractivity contribution is -0.147. The monoisotopic (exact) mass is 186 g/mol. The van der Waals surface area contributed by atoms with Gasteiger partial charge < -0.3 is 5.11 Å². The number of aliphatic carboxylic acids is 1. The maximum Gasteiger partial charge on any atom is 0.319 e. The summed E-state index contributed by atoms with van der Waals surface area (Å²) in [7, 11) is 0. The lowest BCUT2D eigenvalue weighted by Crippen LogP contribution is -2.42. The van der Waals surface area contributed by atoms with Gasteiger partial charge in [0.25, 0.3) is 0 Å². The van der Waals surface area contributed by atoms with Gasteiger partial charge in [-0.05, 0) is 6.42 Å². The molecule has 0 radical (unpaired) electrons. The van der Waals surface area contributed by atoms with Gasteiger partial charge in [0.1, 0.15) is 6.54 Å². The maximum atomic E-state index is 11.2. The second-order valence-electron chi connectivity index (χ2n) is 3.05. The highest BCUT2D eigenvalue weighted by atomic mass is 16.4. The third-order valence-electron chi connectivity index (χ3n) is 1.97. The van der Waals surface area contributed by atoms with E-state index in [2.05, 4.69) is 0 Å². The number of rotatable bonds is 4. The zero-order valence-electron chi connectivity index (χ0n) is 7.69. The molecular weight excluding hydrogens is 172 g/mol. The predicted molar refractivity (Wildman–Crippen MR) is 45.8 cm³/mol. The fourth-order valence-electron chi connectivity index (χ4n) is 1.43. The molecule has 0 aliphatic carbocycles. The van der Waals surface area contributed by atoms with Crippen molar-refractivity contribution in [2.45, 2.75) is 19.8 Å². The number of hydrogen-bond acceptors (Lipinski definition) is 3. The Balaban J connectivity index is 2.53. The van der Waals surface area contributed by atoms with Crippen molar-refractivity contribution >= 4 is 11.9 Å². The van der Waals surface area contributed by atoms with E-state index in [-0.39, 0.29) is 12.5 Å². The largest absolute Gasteiger partial charge is 0.480 e. The summed E-state index contributed by atoms with van der Waals surface area (Å²) in [4.78, 5) is 21.7. The average molecular weight is 186 g/mol. The van der Waals surface area contributed by atoms with Crippen LogP contribution in [0.1, 0.15) is 19.8 Å². The molecule has 5 nitrogen and oxygen atoms in total. The summed E-state index contributed by atoms with van der Waals surface area (Å²) in [5, 5.41) is 11.7. The summed E-state index contributed by atoms with van der Waals surface area (Å²) < 4.78 is 0. The number of hydrazine groups is 1. The molecule has 1 aliphatic rings. The van der Waals surface area contributed by atoms with Crippen LogP contribution in [0.2, 0.25) is 0 Å². The number of carbonyl (C=O) groups excluding carboxylic acids is 1. The first-order valence-corrected chi connectivity index (χ1v) is 4.42. The number of amides is 1. The fourth-order valence-corrected chi connectivity index (χ4v) is 1.43. The molecule has 1 amide bonds. The van der Waals surface area contributed by atoms with Gasteiger partial charge >= 0.3 is 5.97 Å². The third-order valence-corrected chi connectivity index (χ3v) is 1.97. The van der Waals surface area contributed by atoms with E-state index in [0.717, 1.165) is 6.42 Å². The van der Waals surface area contributed by atoms with Crippen LogP contribution >= 0.6 is 0 Å². The highest BCUT2D eigenvalue weighted by Gasteiger charge is 2.29. The summed E-state index contributed by atoms with van der Waals surface area (Å²) in [5.74, 6) is -0.862. The van der Waals surface area contributed by atoms with Crippen molar-refractivity contribution in [1.82, 2.24) is 10.0 Å². The summed E-state index contributed by atoms with van der Waals surface area (Å²) in [6.07, 6.45) is 1.29. The number of nitrogens with zero attached hydrogens (tertiary/aromatic N) is 2. The molecule has 0 aromatic rings. The predicted octanol–water partition coefficient (Wildman–Crippen LogP) is -0.0697. The van der Waals surface area contributed by atoms with Gasteiger partial charge in [0, 0.05) is 19.5 Å². The van der Waals surface area contributed by atoms with Gasteiger partial charge in [-0.1, -0.05) is 6.92 Å². The first kappa shape index (κ1) is 9.98. The van der Waals surface area contributed by atoms with E-state index in [9.17, 15) is 9.59 Å². The van der Waals surface area contributed by atoms with Crippen molar-refractivity contribution in [3.63, 3.8) is 0 Å². The molecule has 0 aromatic heterocycles. The minimum absolute atomic E-state index is 0.0306. The van der Waals surface area contributed by atoms with Gasteiger partial charge in [-0.3, -0.25) is 14.6 Å². The zero-order valence-corrected chi connectivity index (χ0v) is 7.69. The molecule has 1 N–H and O–H groups in total. The summed E-state index contributed by atoms with van der Waals surface area (Å²) >= 11 is 0. The van der Waals surface area contributed by atoms with Crippen LogP contribution in [-0.2, 0) is 9.59 Å². The lowest BCUT2D eigenvalue weighted by Gasteiger charge is -2.25. The van der Waals surface area contributed by atoms with Crippen LogP contribution in [0.4, 0.5) is 0 Å². The summed E-state index contributed by atoms with van der Waals surface area (Å²) in [6, 6.07) is 0.